The van der Waals surface area contributed by atoms with E-state index in [2.05, 4.69) is 27.7 Å². The summed E-state index contributed by atoms with van der Waals surface area (Å²) in [5, 5.41) is 0. The third-order valence-corrected chi connectivity index (χ3v) is 10.3. The van der Waals surface area contributed by atoms with Crippen LogP contribution in [-0.2, 0) is 28.6 Å². The van der Waals surface area contributed by atoms with Crippen LogP contribution < -0.4 is 0 Å². The van der Waals surface area contributed by atoms with Gasteiger partial charge >= 0.3 is 17.9 Å². The average Bonchev–Trinajstić information content (AvgIpc) is 3.12. The minimum atomic E-state index is -0.759. The van der Waals surface area contributed by atoms with E-state index >= 15 is 0 Å². The number of rotatable bonds is 41. The Morgan fingerprint density at radius 1 is 0.365 bits per heavy atom. The van der Waals surface area contributed by atoms with Crippen molar-refractivity contribution in [3.05, 3.63) is 0 Å². The third-order valence-electron chi connectivity index (χ3n) is 10.3. The van der Waals surface area contributed by atoms with Gasteiger partial charge in [0.25, 0.3) is 0 Å². The molecule has 0 aromatic heterocycles. The largest absolute Gasteiger partial charge is 0.462 e. The van der Waals surface area contributed by atoms with Crippen molar-refractivity contribution in [2.24, 2.45) is 5.92 Å². The Bertz CT molecular complexity index is 781. The number of hydrogen-bond acceptors (Lipinski definition) is 6. The number of carbonyl (C=O) groups is 3. The summed E-state index contributed by atoms with van der Waals surface area (Å²) >= 11 is 0. The van der Waals surface area contributed by atoms with E-state index in [1.807, 2.05) is 0 Å². The SMILES string of the molecule is CCCCCCCCCCCCCCCCCC(=O)O[C@@H](COC(=O)CCCCCCCCCCC)COC(=O)CCCCCCCCCC(C)C. The van der Waals surface area contributed by atoms with Crippen molar-refractivity contribution in [1.82, 2.24) is 0 Å². The number of ether oxygens (including phenoxy) is 3. The fourth-order valence-corrected chi connectivity index (χ4v) is 6.80. The monoisotopic (exact) mass is 737 g/mol. The number of esters is 3. The summed E-state index contributed by atoms with van der Waals surface area (Å²) in [5.41, 5.74) is 0. The lowest BCUT2D eigenvalue weighted by molar-refractivity contribution is -0.167. The molecule has 0 aliphatic carbocycles. The first-order chi connectivity index (χ1) is 25.4. The summed E-state index contributed by atoms with van der Waals surface area (Å²) in [5.74, 6) is -0.0769. The Hall–Kier alpha value is -1.59. The molecule has 0 saturated carbocycles. The maximum absolute atomic E-state index is 12.7. The first kappa shape index (κ1) is 50.4. The molecule has 0 unspecified atom stereocenters. The Balaban J connectivity index is 4.30. The molecule has 0 spiro atoms. The molecule has 0 bridgehead atoms. The zero-order chi connectivity index (χ0) is 38.2. The molecule has 0 aliphatic heterocycles. The standard InChI is InChI=1S/C46H88O6/c1-5-7-9-11-13-15-16-17-18-19-20-22-26-31-35-39-46(49)52-43(40-50-44(47)37-33-29-25-21-14-12-10-8-6-2)41-51-45(48)38-34-30-27-23-24-28-32-36-42(3)4/h42-43H,5-41H2,1-4H3/t43-/m0/s1. The smallest absolute Gasteiger partial charge is 0.306 e. The highest BCUT2D eigenvalue weighted by atomic mass is 16.6. The average molecular weight is 737 g/mol. The van der Waals surface area contributed by atoms with Crippen LogP contribution in [0, 0.1) is 5.92 Å². The Morgan fingerprint density at radius 2 is 0.635 bits per heavy atom. The topological polar surface area (TPSA) is 78.9 Å². The molecule has 0 aromatic rings. The quantitative estimate of drug-likeness (QED) is 0.0353. The van der Waals surface area contributed by atoms with E-state index in [1.165, 1.54) is 148 Å². The summed E-state index contributed by atoms with van der Waals surface area (Å²) in [6.07, 6.45) is 39.5. The van der Waals surface area contributed by atoms with Gasteiger partial charge in [0.15, 0.2) is 6.10 Å². The van der Waals surface area contributed by atoms with Gasteiger partial charge in [-0.3, -0.25) is 14.4 Å². The van der Waals surface area contributed by atoms with E-state index in [0.717, 1.165) is 63.7 Å². The van der Waals surface area contributed by atoms with E-state index in [4.69, 9.17) is 14.2 Å². The van der Waals surface area contributed by atoms with Gasteiger partial charge in [-0.05, 0) is 25.2 Å². The van der Waals surface area contributed by atoms with Crippen LogP contribution in [0.15, 0.2) is 0 Å². The predicted molar refractivity (Wildman–Crippen MR) is 220 cm³/mol. The van der Waals surface area contributed by atoms with Gasteiger partial charge in [-0.2, -0.15) is 0 Å². The van der Waals surface area contributed by atoms with Crippen LogP contribution in [0.1, 0.15) is 252 Å². The minimum Gasteiger partial charge on any atom is -0.462 e. The molecule has 0 aromatic carbocycles. The summed E-state index contributed by atoms with van der Waals surface area (Å²) in [6, 6.07) is 0. The van der Waals surface area contributed by atoms with E-state index in [9.17, 15) is 14.4 Å². The van der Waals surface area contributed by atoms with E-state index in [0.29, 0.717) is 19.3 Å². The first-order valence-electron chi connectivity index (χ1n) is 22.9. The van der Waals surface area contributed by atoms with Gasteiger partial charge < -0.3 is 14.2 Å². The number of unbranched alkanes of at least 4 members (excludes halogenated alkanes) is 28. The van der Waals surface area contributed by atoms with Crippen molar-refractivity contribution < 1.29 is 28.6 Å². The van der Waals surface area contributed by atoms with Gasteiger partial charge in [-0.15, -0.1) is 0 Å². The van der Waals surface area contributed by atoms with Crippen LogP contribution in [0.25, 0.3) is 0 Å². The van der Waals surface area contributed by atoms with Gasteiger partial charge in [0.1, 0.15) is 13.2 Å². The van der Waals surface area contributed by atoms with Crippen LogP contribution in [0.3, 0.4) is 0 Å². The molecule has 0 heterocycles. The Morgan fingerprint density at radius 3 is 0.942 bits per heavy atom. The Labute approximate surface area is 323 Å². The second kappa shape index (κ2) is 40.6. The molecular weight excluding hydrogens is 648 g/mol. The number of hydrogen-bond donors (Lipinski definition) is 0. The fourth-order valence-electron chi connectivity index (χ4n) is 6.80. The zero-order valence-electron chi connectivity index (χ0n) is 35.3. The minimum absolute atomic E-state index is 0.0645. The third kappa shape index (κ3) is 39.6. The van der Waals surface area contributed by atoms with Crippen LogP contribution in [-0.4, -0.2) is 37.2 Å². The van der Waals surface area contributed by atoms with Crippen LogP contribution in [0.2, 0.25) is 0 Å². The molecule has 0 N–H and O–H groups in total. The molecular formula is C46H88O6. The van der Waals surface area contributed by atoms with Crippen molar-refractivity contribution in [3.8, 4) is 0 Å². The normalized spacial score (nSPS) is 11.9. The fraction of sp³-hybridized carbons (Fsp3) is 0.935. The second-order valence-electron chi connectivity index (χ2n) is 16.2. The summed E-state index contributed by atoms with van der Waals surface area (Å²) < 4.78 is 16.7. The molecule has 0 amide bonds. The molecule has 0 saturated heterocycles. The first-order valence-corrected chi connectivity index (χ1v) is 22.9. The molecule has 308 valence electrons. The zero-order valence-corrected chi connectivity index (χ0v) is 35.3. The summed E-state index contributed by atoms with van der Waals surface area (Å²) in [6.45, 7) is 8.93. The van der Waals surface area contributed by atoms with Gasteiger partial charge in [-0.25, -0.2) is 0 Å². The maximum atomic E-state index is 12.7. The second-order valence-corrected chi connectivity index (χ2v) is 16.2. The molecule has 0 radical (unpaired) electrons. The van der Waals surface area contributed by atoms with Crippen LogP contribution in [0.4, 0.5) is 0 Å². The lowest BCUT2D eigenvalue weighted by Gasteiger charge is -2.18. The highest BCUT2D eigenvalue weighted by Crippen LogP contribution is 2.16. The highest BCUT2D eigenvalue weighted by Gasteiger charge is 2.19. The molecule has 1 atom stereocenters. The van der Waals surface area contributed by atoms with Gasteiger partial charge in [-0.1, -0.05) is 214 Å². The van der Waals surface area contributed by atoms with E-state index in [1.54, 1.807) is 0 Å². The molecule has 0 rings (SSSR count). The van der Waals surface area contributed by atoms with Gasteiger partial charge in [0.05, 0.1) is 0 Å². The predicted octanol–water partition coefficient (Wildman–Crippen LogP) is 14.3. The van der Waals surface area contributed by atoms with E-state index in [-0.39, 0.29) is 31.1 Å². The Kier molecular flexibility index (Phi) is 39.4. The van der Waals surface area contributed by atoms with E-state index < -0.39 is 6.10 Å². The van der Waals surface area contributed by atoms with Crippen LogP contribution >= 0.6 is 0 Å². The van der Waals surface area contributed by atoms with Gasteiger partial charge in [0.2, 0.25) is 0 Å². The molecule has 0 fully saturated rings. The summed E-state index contributed by atoms with van der Waals surface area (Å²) in [7, 11) is 0. The van der Waals surface area contributed by atoms with Crippen molar-refractivity contribution >= 4 is 17.9 Å². The maximum Gasteiger partial charge on any atom is 0.306 e. The van der Waals surface area contributed by atoms with Crippen molar-refractivity contribution in [3.63, 3.8) is 0 Å². The van der Waals surface area contributed by atoms with Crippen molar-refractivity contribution in [2.75, 3.05) is 13.2 Å². The molecule has 6 heteroatoms. The molecule has 52 heavy (non-hydrogen) atoms. The van der Waals surface area contributed by atoms with Gasteiger partial charge in [0, 0.05) is 19.3 Å². The van der Waals surface area contributed by atoms with Crippen molar-refractivity contribution in [1.29, 1.82) is 0 Å². The number of carbonyl (C=O) groups excluding carboxylic acids is 3. The lowest BCUT2D eigenvalue weighted by atomic mass is 10.0. The molecule has 6 nitrogen and oxygen atoms in total. The summed E-state index contributed by atoms with van der Waals surface area (Å²) in [4.78, 5) is 37.6. The lowest BCUT2D eigenvalue weighted by Crippen LogP contribution is -2.30. The van der Waals surface area contributed by atoms with Crippen LogP contribution in [0.5, 0.6) is 0 Å². The van der Waals surface area contributed by atoms with Crippen molar-refractivity contribution in [2.45, 2.75) is 259 Å². The molecule has 0 aliphatic rings. The highest BCUT2D eigenvalue weighted by molar-refractivity contribution is 5.71.